The number of halogens is 1. The summed E-state index contributed by atoms with van der Waals surface area (Å²) in [5.74, 6) is 0.0637. The van der Waals surface area contributed by atoms with Crippen molar-refractivity contribution in [1.29, 1.82) is 0 Å². The number of carbonyl (C=O) groups is 1. The number of aryl methyl sites for hydroxylation is 1. The molecule has 0 saturated carbocycles. The molecule has 3 rings (SSSR count). The fourth-order valence-corrected chi connectivity index (χ4v) is 3.56. The third kappa shape index (κ3) is 2.61. The number of nitrogens with zero attached hydrogens (tertiary/aromatic N) is 1. The van der Waals surface area contributed by atoms with Crippen molar-refractivity contribution in [1.82, 2.24) is 0 Å². The topological polar surface area (TPSA) is 46.3 Å². The van der Waals surface area contributed by atoms with Crippen LogP contribution in [0.1, 0.15) is 16.5 Å². The van der Waals surface area contributed by atoms with Gasteiger partial charge in [0.2, 0.25) is 5.91 Å². The summed E-state index contributed by atoms with van der Waals surface area (Å²) in [5.41, 5.74) is 8.57. The van der Waals surface area contributed by atoms with E-state index in [0.717, 1.165) is 5.56 Å². The summed E-state index contributed by atoms with van der Waals surface area (Å²) in [6.07, 6.45) is 0. The van der Waals surface area contributed by atoms with Crippen LogP contribution >= 0.6 is 11.8 Å². The number of rotatable bonds is 2. The Morgan fingerprint density at radius 1 is 1.29 bits per heavy atom. The van der Waals surface area contributed by atoms with Crippen LogP contribution in [0.5, 0.6) is 0 Å². The van der Waals surface area contributed by atoms with Crippen molar-refractivity contribution in [3.8, 4) is 0 Å². The number of amides is 1. The van der Waals surface area contributed by atoms with E-state index >= 15 is 0 Å². The van der Waals surface area contributed by atoms with E-state index in [9.17, 15) is 9.18 Å². The molecule has 21 heavy (non-hydrogen) atoms. The molecule has 0 radical (unpaired) electrons. The van der Waals surface area contributed by atoms with Crippen LogP contribution in [-0.4, -0.2) is 11.7 Å². The smallest absolute Gasteiger partial charge is 0.238 e. The van der Waals surface area contributed by atoms with Crippen molar-refractivity contribution in [2.75, 3.05) is 16.4 Å². The van der Waals surface area contributed by atoms with Crippen molar-refractivity contribution in [2.24, 2.45) is 0 Å². The molecule has 1 atom stereocenters. The van der Waals surface area contributed by atoms with Gasteiger partial charge in [0.25, 0.3) is 0 Å². The van der Waals surface area contributed by atoms with Gasteiger partial charge in [-0.25, -0.2) is 4.39 Å². The molecule has 2 N–H and O–H groups in total. The number of nitrogens with two attached hydrogens (primary N) is 1. The van der Waals surface area contributed by atoms with E-state index in [1.165, 1.54) is 17.8 Å². The predicted octanol–water partition coefficient (Wildman–Crippen LogP) is 3.49. The summed E-state index contributed by atoms with van der Waals surface area (Å²) in [5, 5.41) is -0.164. The van der Waals surface area contributed by atoms with Gasteiger partial charge in [0.15, 0.2) is 0 Å². The van der Waals surface area contributed by atoms with Crippen LogP contribution < -0.4 is 10.6 Å². The highest BCUT2D eigenvalue weighted by Gasteiger charge is 2.34. The molecule has 0 spiro atoms. The van der Waals surface area contributed by atoms with Crippen molar-refractivity contribution in [3.05, 3.63) is 59.4 Å². The Kier molecular flexibility index (Phi) is 3.59. The van der Waals surface area contributed by atoms with Crippen molar-refractivity contribution in [3.63, 3.8) is 0 Å². The Morgan fingerprint density at radius 2 is 2.10 bits per heavy atom. The van der Waals surface area contributed by atoms with Crippen LogP contribution in [0.25, 0.3) is 0 Å². The normalized spacial score (nSPS) is 18.3. The first-order valence-corrected chi connectivity index (χ1v) is 7.66. The molecule has 0 bridgehead atoms. The van der Waals surface area contributed by atoms with Gasteiger partial charge in [-0.2, -0.15) is 0 Å². The second-order valence-electron chi connectivity index (χ2n) is 5.03. The summed E-state index contributed by atoms with van der Waals surface area (Å²) in [6.45, 7) is 1.70. The predicted molar refractivity (Wildman–Crippen MR) is 84.7 cm³/mol. The second-order valence-corrected chi connectivity index (χ2v) is 6.10. The van der Waals surface area contributed by atoms with Gasteiger partial charge in [-0.05, 0) is 42.3 Å². The quantitative estimate of drug-likeness (QED) is 0.864. The molecule has 2 aromatic rings. The van der Waals surface area contributed by atoms with Crippen molar-refractivity contribution in [2.45, 2.75) is 12.3 Å². The SMILES string of the molecule is Cc1ccc(N2C(=O)CS[C@H]2c2cccc(N)c2)cc1F. The van der Waals surface area contributed by atoms with Gasteiger partial charge in [-0.15, -0.1) is 11.8 Å². The number of benzene rings is 2. The molecule has 1 aliphatic rings. The maximum absolute atomic E-state index is 13.8. The number of hydrogen-bond donors (Lipinski definition) is 1. The zero-order valence-electron chi connectivity index (χ0n) is 11.5. The summed E-state index contributed by atoms with van der Waals surface area (Å²) < 4.78 is 13.8. The first kappa shape index (κ1) is 13.9. The molecule has 1 amide bonds. The molecular formula is C16H15FN2OS. The zero-order chi connectivity index (χ0) is 15.0. The summed E-state index contributed by atoms with van der Waals surface area (Å²) in [4.78, 5) is 13.8. The minimum atomic E-state index is -0.302. The van der Waals surface area contributed by atoms with E-state index in [1.807, 2.05) is 18.2 Å². The molecule has 0 aliphatic carbocycles. The fourth-order valence-electron chi connectivity index (χ4n) is 2.39. The first-order chi connectivity index (χ1) is 10.1. The van der Waals surface area contributed by atoms with Gasteiger partial charge < -0.3 is 5.73 Å². The van der Waals surface area contributed by atoms with Crippen molar-refractivity contribution >= 4 is 29.0 Å². The third-order valence-corrected chi connectivity index (χ3v) is 4.71. The summed E-state index contributed by atoms with van der Waals surface area (Å²) >= 11 is 1.52. The Bertz CT molecular complexity index is 704. The molecule has 2 aromatic carbocycles. The number of thioether (sulfide) groups is 1. The Balaban J connectivity index is 2.01. The van der Waals surface area contributed by atoms with Crippen LogP contribution in [-0.2, 0) is 4.79 Å². The fraction of sp³-hybridized carbons (Fsp3) is 0.188. The number of carbonyl (C=O) groups excluding carboxylic acids is 1. The lowest BCUT2D eigenvalue weighted by atomic mass is 10.1. The Hall–Kier alpha value is -2.01. The number of nitrogen functional groups attached to an aromatic ring is 1. The molecule has 108 valence electrons. The van der Waals surface area contributed by atoms with Gasteiger partial charge in [0.05, 0.1) is 5.75 Å². The third-order valence-electron chi connectivity index (χ3n) is 3.50. The van der Waals surface area contributed by atoms with Gasteiger partial charge in [-0.1, -0.05) is 18.2 Å². The highest BCUT2D eigenvalue weighted by molar-refractivity contribution is 8.00. The second kappa shape index (κ2) is 5.41. The van der Waals surface area contributed by atoms with Crippen LogP contribution in [0.4, 0.5) is 15.8 Å². The average Bonchev–Trinajstić information content (AvgIpc) is 2.84. The van der Waals surface area contributed by atoms with E-state index in [2.05, 4.69) is 0 Å². The molecule has 1 heterocycles. The number of hydrogen-bond acceptors (Lipinski definition) is 3. The standard InChI is InChI=1S/C16H15FN2OS/c1-10-5-6-13(8-14(10)17)19-15(20)9-21-16(19)11-3-2-4-12(18)7-11/h2-8,16H,9,18H2,1H3/t16-/m0/s1. The summed E-state index contributed by atoms with van der Waals surface area (Å²) in [6, 6.07) is 12.3. The van der Waals surface area contributed by atoms with E-state index in [4.69, 9.17) is 5.73 Å². The molecule has 3 nitrogen and oxygen atoms in total. The van der Waals surface area contributed by atoms with Crippen LogP contribution in [0.3, 0.4) is 0 Å². The zero-order valence-corrected chi connectivity index (χ0v) is 12.4. The molecular weight excluding hydrogens is 287 g/mol. The Morgan fingerprint density at radius 3 is 2.81 bits per heavy atom. The minimum Gasteiger partial charge on any atom is -0.399 e. The maximum Gasteiger partial charge on any atom is 0.238 e. The van der Waals surface area contributed by atoms with E-state index in [1.54, 1.807) is 30.0 Å². The largest absolute Gasteiger partial charge is 0.399 e. The average molecular weight is 302 g/mol. The highest BCUT2D eigenvalue weighted by atomic mass is 32.2. The lowest BCUT2D eigenvalue weighted by molar-refractivity contribution is -0.115. The van der Waals surface area contributed by atoms with Gasteiger partial charge in [0, 0.05) is 11.4 Å². The maximum atomic E-state index is 13.8. The monoisotopic (exact) mass is 302 g/mol. The van der Waals surface area contributed by atoms with Crippen LogP contribution in [0.2, 0.25) is 0 Å². The molecule has 1 saturated heterocycles. The van der Waals surface area contributed by atoms with Gasteiger partial charge in [0.1, 0.15) is 11.2 Å². The van der Waals surface area contributed by atoms with E-state index < -0.39 is 0 Å². The van der Waals surface area contributed by atoms with Crippen molar-refractivity contribution < 1.29 is 9.18 Å². The van der Waals surface area contributed by atoms with Crippen LogP contribution in [0.15, 0.2) is 42.5 Å². The lowest BCUT2D eigenvalue weighted by Gasteiger charge is -2.24. The minimum absolute atomic E-state index is 0.0179. The molecule has 0 unspecified atom stereocenters. The lowest BCUT2D eigenvalue weighted by Crippen LogP contribution is -2.28. The van der Waals surface area contributed by atoms with E-state index in [-0.39, 0.29) is 17.1 Å². The number of anilines is 2. The molecule has 1 aliphatic heterocycles. The van der Waals surface area contributed by atoms with E-state index in [0.29, 0.717) is 22.7 Å². The highest BCUT2D eigenvalue weighted by Crippen LogP contribution is 2.42. The molecule has 0 aromatic heterocycles. The van der Waals surface area contributed by atoms with Crippen LogP contribution in [0, 0.1) is 12.7 Å². The molecule has 5 heteroatoms. The van der Waals surface area contributed by atoms with Gasteiger partial charge >= 0.3 is 0 Å². The first-order valence-electron chi connectivity index (χ1n) is 6.61. The molecule has 1 fully saturated rings. The van der Waals surface area contributed by atoms with Gasteiger partial charge in [-0.3, -0.25) is 9.69 Å². The summed E-state index contributed by atoms with van der Waals surface area (Å²) in [7, 11) is 0. The Labute approximate surface area is 126 Å².